The lowest BCUT2D eigenvalue weighted by molar-refractivity contribution is -0.172. The summed E-state index contributed by atoms with van der Waals surface area (Å²) in [6.07, 6.45) is 0.558. The van der Waals surface area contributed by atoms with Gasteiger partial charge in [0, 0.05) is 50.4 Å². The van der Waals surface area contributed by atoms with Crippen LogP contribution in [0.3, 0.4) is 0 Å². The molecule has 0 bridgehead atoms. The van der Waals surface area contributed by atoms with Gasteiger partial charge in [-0.2, -0.15) is 0 Å². The molecular weight excluding hydrogens is 1010 g/mol. The van der Waals surface area contributed by atoms with E-state index in [-0.39, 0.29) is 73.6 Å². The van der Waals surface area contributed by atoms with E-state index >= 15 is 0 Å². The number of nitrogens with zero attached hydrogens (tertiary/aromatic N) is 6. The minimum absolute atomic E-state index is 0.110. The number of para-hydroxylation sites is 3. The third-order valence-corrected chi connectivity index (χ3v) is 15.8. The van der Waals surface area contributed by atoms with Crippen LogP contribution in [-0.2, 0) is 79.3 Å². The molecule has 2 atom stereocenters. The Balaban J connectivity index is 0.000000118. The molecule has 0 saturated heterocycles. The Kier molecular flexibility index (Phi) is 12.4. The van der Waals surface area contributed by atoms with Crippen LogP contribution in [0.5, 0.6) is 0 Å². The van der Waals surface area contributed by atoms with Gasteiger partial charge in [-0.05, 0) is 73.0 Å². The normalized spacial score (nSPS) is 17.7. The van der Waals surface area contributed by atoms with Crippen molar-refractivity contribution < 1.29 is 43.6 Å². The van der Waals surface area contributed by atoms with E-state index < -0.39 is 23.1 Å². The first kappa shape index (κ1) is 50.6. The molecule has 5 aliphatic heterocycles. The Bertz CT molecular complexity index is 4330. The molecule has 9 aromatic rings. The lowest BCUT2D eigenvalue weighted by atomic mass is 9.85. The molecule has 396 valence electrons. The minimum Gasteiger partial charge on any atom is -0.463 e. The van der Waals surface area contributed by atoms with Crippen LogP contribution >= 0.6 is 0 Å². The van der Waals surface area contributed by atoms with E-state index in [0.29, 0.717) is 76.6 Å². The summed E-state index contributed by atoms with van der Waals surface area (Å²) in [6, 6.07) is 34.7. The molecule has 0 saturated carbocycles. The van der Waals surface area contributed by atoms with E-state index in [0.717, 1.165) is 60.8 Å². The van der Waals surface area contributed by atoms with Crippen LogP contribution in [0.4, 0.5) is 0 Å². The van der Waals surface area contributed by atoms with E-state index in [2.05, 4.69) is 6.07 Å². The van der Waals surface area contributed by atoms with Gasteiger partial charge in [-0.25, -0.2) is 19.7 Å². The number of pyridine rings is 6. The molecular formula is C61H50N6O12. The summed E-state index contributed by atoms with van der Waals surface area (Å²) < 4.78 is 19.9. The van der Waals surface area contributed by atoms with Crippen LogP contribution in [0.15, 0.2) is 124 Å². The highest BCUT2D eigenvalue weighted by atomic mass is 16.6. The predicted octanol–water partition coefficient (Wildman–Crippen LogP) is 7.24. The maximum Gasteiger partial charge on any atom is 0.343 e. The largest absolute Gasteiger partial charge is 0.463 e. The average molecular weight is 1060 g/mol. The van der Waals surface area contributed by atoms with Gasteiger partial charge in [0.15, 0.2) is 11.4 Å². The van der Waals surface area contributed by atoms with Gasteiger partial charge in [0.2, 0.25) is 0 Å². The second kappa shape index (κ2) is 19.3. The molecule has 18 heteroatoms. The monoisotopic (exact) mass is 1060 g/mol. The van der Waals surface area contributed by atoms with Crippen molar-refractivity contribution in [2.24, 2.45) is 0 Å². The number of cyclic esters (lactones) is 2. The van der Waals surface area contributed by atoms with Crippen molar-refractivity contribution in [1.29, 1.82) is 0 Å². The molecule has 6 aromatic heterocycles. The SMILES string of the molecule is CCC(=O)c1cc2n(c(=O)c1COC=O)Cc1cc3ccccc3nc1-2.CCC1(O)CC(=O)OCc2c1cc1n(c2=O)Cc2cc3ccccc3nc2-1.CC[C@@]1(O)C(=O)OCc2c1cc1n(c2=O)Cc2cc3ccccc3nc2-1. The zero-order valence-corrected chi connectivity index (χ0v) is 43.2. The highest BCUT2D eigenvalue weighted by molar-refractivity contribution is 5.98. The van der Waals surface area contributed by atoms with Gasteiger partial charge in [-0.1, -0.05) is 75.4 Å². The highest BCUT2D eigenvalue weighted by Crippen LogP contribution is 2.41. The Labute approximate surface area is 449 Å². The molecule has 0 spiro atoms. The first-order valence-electron chi connectivity index (χ1n) is 26.0. The van der Waals surface area contributed by atoms with Gasteiger partial charge >= 0.3 is 11.9 Å². The van der Waals surface area contributed by atoms with Crippen molar-refractivity contribution in [3.05, 3.63) is 190 Å². The van der Waals surface area contributed by atoms with Crippen LogP contribution in [0.1, 0.15) is 101 Å². The molecule has 18 nitrogen and oxygen atoms in total. The summed E-state index contributed by atoms with van der Waals surface area (Å²) in [5.41, 5.74) is 7.59. The van der Waals surface area contributed by atoms with E-state index in [9.17, 15) is 43.8 Å². The van der Waals surface area contributed by atoms with Crippen molar-refractivity contribution in [3.63, 3.8) is 0 Å². The van der Waals surface area contributed by atoms with E-state index in [1.807, 2.05) is 91.0 Å². The van der Waals surface area contributed by atoms with Crippen molar-refractivity contribution >= 4 is 56.9 Å². The van der Waals surface area contributed by atoms with Crippen molar-refractivity contribution in [1.82, 2.24) is 28.7 Å². The summed E-state index contributed by atoms with van der Waals surface area (Å²) in [4.78, 5) is 100. The van der Waals surface area contributed by atoms with Gasteiger partial charge in [0.1, 0.15) is 25.4 Å². The second-order valence-corrected chi connectivity index (χ2v) is 20.2. The number of ether oxygens (including phenoxy) is 3. The first-order valence-corrected chi connectivity index (χ1v) is 26.0. The predicted molar refractivity (Wildman–Crippen MR) is 290 cm³/mol. The quantitative estimate of drug-likeness (QED) is 0.0692. The van der Waals surface area contributed by atoms with Crippen LogP contribution in [-0.4, -0.2) is 63.1 Å². The average Bonchev–Trinajstić information content (AvgIpc) is 4.23. The summed E-state index contributed by atoms with van der Waals surface area (Å²) in [5, 5.41) is 25.0. The Morgan fingerprint density at radius 3 is 1.54 bits per heavy atom. The van der Waals surface area contributed by atoms with Crippen LogP contribution < -0.4 is 16.7 Å². The molecule has 0 radical (unpaired) electrons. The molecule has 2 N–H and O–H groups in total. The van der Waals surface area contributed by atoms with Crippen LogP contribution in [0.25, 0.3) is 66.9 Å². The Hall–Kier alpha value is -9.26. The fourth-order valence-electron chi connectivity index (χ4n) is 11.5. The van der Waals surface area contributed by atoms with Gasteiger partial charge in [-0.3, -0.25) is 28.8 Å². The number of ketones is 1. The van der Waals surface area contributed by atoms with E-state index in [1.54, 1.807) is 46.6 Å². The molecule has 1 unspecified atom stereocenters. The second-order valence-electron chi connectivity index (χ2n) is 20.2. The van der Waals surface area contributed by atoms with Gasteiger partial charge in [0.05, 0.1) is 93.5 Å². The van der Waals surface area contributed by atoms with Gasteiger partial charge in [0.25, 0.3) is 23.2 Å². The van der Waals surface area contributed by atoms with Gasteiger partial charge < -0.3 is 38.1 Å². The van der Waals surface area contributed by atoms with Crippen LogP contribution in [0.2, 0.25) is 0 Å². The fourth-order valence-corrected chi connectivity index (χ4v) is 11.5. The zero-order chi connectivity index (χ0) is 55.1. The van der Waals surface area contributed by atoms with Crippen LogP contribution in [0, 0.1) is 0 Å². The first-order chi connectivity index (χ1) is 38.2. The molecule has 14 rings (SSSR count). The number of Topliss-reactive ketones (excluding diaryl/α,β-unsaturated/α-hetero) is 1. The Morgan fingerprint density at radius 1 is 0.608 bits per heavy atom. The lowest BCUT2D eigenvalue weighted by Crippen LogP contribution is -2.44. The molecule has 0 fully saturated rings. The van der Waals surface area contributed by atoms with E-state index in [1.165, 1.54) is 0 Å². The van der Waals surface area contributed by atoms with Crippen molar-refractivity contribution in [3.8, 4) is 34.2 Å². The summed E-state index contributed by atoms with van der Waals surface area (Å²) in [7, 11) is 0. The molecule has 3 aromatic carbocycles. The number of carbonyl (C=O) groups excluding carboxylic acids is 4. The zero-order valence-electron chi connectivity index (χ0n) is 43.2. The molecule has 0 aliphatic carbocycles. The number of hydrogen-bond donors (Lipinski definition) is 2. The number of aliphatic hydroxyl groups is 2. The van der Waals surface area contributed by atoms with E-state index in [4.69, 9.17) is 29.2 Å². The third-order valence-electron chi connectivity index (χ3n) is 15.8. The molecule has 5 aliphatic rings. The number of benzene rings is 3. The summed E-state index contributed by atoms with van der Waals surface area (Å²) >= 11 is 0. The molecule has 79 heavy (non-hydrogen) atoms. The lowest BCUT2D eigenvalue weighted by Gasteiger charge is -2.31. The smallest absolute Gasteiger partial charge is 0.343 e. The standard InChI is InChI=1S/C21H18N2O4.2C20H16N2O4/c1-2-21(26)9-18(24)27-11-14-15(21)8-17-19-13(10-23(17)20(14)25)7-12-5-3-4-6-16(12)22-19;1-2-20(25)14-8-16-17-12(7-11-5-3-4-6-15(11)21-17)9-22(16)18(23)13(14)10-26-19(20)24;1-2-18(24)14-8-17-19-13(7-12-5-3-4-6-16(12)21-19)9-22(17)20(25)15(14)10-26-11-23/h3-8,26H,2,9-11H2,1H3;3-8,25H,2,9-10H2,1H3;3-8,11H,2,9-10H2,1H3/t;20-;/m.0./s1. The van der Waals surface area contributed by atoms with Crippen molar-refractivity contribution in [2.45, 2.75) is 97.1 Å². The maximum atomic E-state index is 13.2. The molecule has 0 amide bonds. The fraction of sp³-hybridized carbons (Fsp3) is 0.246. The topological polar surface area (TPSA) is 241 Å². The summed E-state index contributed by atoms with van der Waals surface area (Å²) in [6.45, 7) is 6.31. The van der Waals surface area contributed by atoms with Gasteiger partial charge in [-0.15, -0.1) is 0 Å². The highest BCUT2D eigenvalue weighted by Gasteiger charge is 2.46. The minimum atomic E-state index is -1.79. The number of rotatable bonds is 7. The maximum absolute atomic E-state index is 13.2. The third kappa shape index (κ3) is 8.24. The number of carbonyl (C=O) groups is 4. The number of hydrogen-bond acceptors (Lipinski definition) is 15. The summed E-state index contributed by atoms with van der Waals surface area (Å²) in [5.74, 6) is -1.37. The molecule has 11 heterocycles. The number of fused-ring (bicyclic) bond motifs is 14. The van der Waals surface area contributed by atoms with Crippen molar-refractivity contribution in [2.75, 3.05) is 0 Å². The Morgan fingerprint density at radius 2 is 1.06 bits per heavy atom. The number of esters is 2. The number of aromatic nitrogens is 6.